The Balaban J connectivity index is 1.46. The number of carbonyl (C=O) groups excluding carboxylic acids is 2. The number of nitrogens with zero attached hydrogens (tertiary/aromatic N) is 6. The summed E-state index contributed by atoms with van der Waals surface area (Å²) in [5.41, 5.74) is 1.46. The van der Waals surface area contributed by atoms with Gasteiger partial charge in [-0.25, -0.2) is 23.0 Å². The van der Waals surface area contributed by atoms with Crippen molar-refractivity contribution < 1.29 is 32.2 Å². The molecule has 4 aromatic heterocycles. The van der Waals surface area contributed by atoms with Crippen molar-refractivity contribution in [2.75, 3.05) is 32.9 Å². The molecule has 0 fully saturated rings. The predicted molar refractivity (Wildman–Crippen MR) is 173 cm³/mol. The highest BCUT2D eigenvalue weighted by molar-refractivity contribution is 7.89. The standard InChI is InChI=1S/C32H33N7O8S/c1-4-25-27-28(38(3)37-25)30(40)36-29(35-27)24-18-23(10-11-26(24)45-5-2)48(43,44)39(14-16-46-31(41)21-8-6-12-33-19-21)15-17-47-32(42)22-9-7-13-34-20-22/h6-13,18-20H,4-5,14-17H2,1-3H3,(H,35,36,40). The quantitative estimate of drug-likeness (QED) is 0.170. The molecule has 0 amide bonds. The van der Waals surface area contributed by atoms with Crippen LogP contribution in [0.15, 0.2) is 76.9 Å². The highest BCUT2D eigenvalue weighted by Crippen LogP contribution is 2.32. The number of esters is 2. The molecule has 15 nitrogen and oxygen atoms in total. The van der Waals surface area contributed by atoms with Crippen LogP contribution in [0.3, 0.4) is 0 Å². The van der Waals surface area contributed by atoms with E-state index >= 15 is 0 Å². The van der Waals surface area contributed by atoms with Crippen molar-refractivity contribution in [3.63, 3.8) is 0 Å². The Bertz CT molecular complexity index is 2030. The van der Waals surface area contributed by atoms with E-state index in [-0.39, 0.29) is 65.8 Å². The van der Waals surface area contributed by atoms with Gasteiger partial charge in [-0.1, -0.05) is 6.92 Å². The molecule has 5 rings (SSSR count). The average molecular weight is 676 g/mol. The minimum atomic E-state index is -4.32. The number of sulfonamides is 1. The van der Waals surface area contributed by atoms with Gasteiger partial charge in [-0.15, -0.1) is 0 Å². The predicted octanol–water partition coefficient (Wildman–Crippen LogP) is 2.78. The average Bonchev–Trinajstić information content (AvgIpc) is 3.43. The molecule has 0 atom stereocenters. The van der Waals surface area contributed by atoms with E-state index in [2.05, 4.69) is 25.0 Å². The molecule has 250 valence electrons. The topological polar surface area (TPSA) is 189 Å². The van der Waals surface area contributed by atoms with Crippen molar-refractivity contribution in [2.45, 2.75) is 25.2 Å². The fourth-order valence-electron chi connectivity index (χ4n) is 4.86. The molecular formula is C32H33N7O8S. The maximum Gasteiger partial charge on any atom is 0.339 e. The number of hydrogen-bond donors (Lipinski definition) is 1. The molecule has 4 heterocycles. The van der Waals surface area contributed by atoms with Gasteiger partial charge in [-0.2, -0.15) is 9.40 Å². The molecule has 48 heavy (non-hydrogen) atoms. The monoisotopic (exact) mass is 675 g/mol. The van der Waals surface area contributed by atoms with E-state index in [0.717, 1.165) is 4.31 Å². The van der Waals surface area contributed by atoms with Gasteiger partial charge in [0.1, 0.15) is 30.3 Å². The molecule has 1 N–H and O–H groups in total. The number of ether oxygens (including phenoxy) is 3. The minimum absolute atomic E-state index is 0.0954. The molecule has 0 spiro atoms. The molecule has 1 aromatic carbocycles. The molecule has 0 aliphatic carbocycles. The maximum absolute atomic E-state index is 14.1. The molecule has 0 aliphatic rings. The number of pyridine rings is 2. The van der Waals surface area contributed by atoms with Crippen LogP contribution >= 0.6 is 0 Å². The highest BCUT2D eigenvalue weighted by atomic mass is 32.2. The molecule has 0 saturated carbocycles. The first-order chi connectivity index (χ1) is 23.1. The molecule has 16 heteroatoms. The van der Waals surface area contributed by atoms with Crippen molar-refractivity contribution in [1.29, 1.82) is 0 Å². The smallest absolute Gasteiger partial charge is 0.339 e. The second-order valence-corrected chi connectivity index (χ2v) is 12.2. The summed E-state index contributed by atoms with van der Waals surface area (Å²) in [4.78, 5) is 53.2. The third-order valence-electron chi connectivity index (χ3n) is 7.18. The van der Waals surface area contributed by atoms with E-state index in [1.165, 1.54) is 59.8 Å². The van der Waals surface area contributed by atoms with Gasteiger partial charge in [0.05, 0.1) is 33.9 Å². The first-order valence-corrected chi connectivity index (χ1v) is 16.5. The van der Waals surface area contributed by atoms with Gasteiger partial charge in [0.2, 0.25) is 10.0 Å². The Morgan fingerprint density at radius 1 is 0.938 bits per heavy atom. The number of hydrogen-bond acceptors (Lipinski definition) is 12. The van der Waals surface area contributed by atoms with Crippen LogP contribution in [0.1, 0.15) is 40.3 Å². The molecule has 0 radical (unpaired) electrons. The summed E-state index contributed by atoms with van der Waals surface area (Å²) in [5.74, 6) is -0.973. The summed E-state index contributed by atoms with van der Waals surface area (Å²) in [6.07, 6.45) is 6.20. The third-order valence-corrected chi connectivity index (χ3v) is 9.08. The van der Waals surface area contributed by atoms with Crippen LogP contribution in [0, 0.1) is 0 Å². The number of H-pyrrole nitrogens is 1. The van der Waals surface area contributed by atoms with Crippen LogP contribution in [-0.4, -0.2) is 87.3 Å². The summed E-state index contributed by atoms with van der Waals surface area (Å²) >= 11 is 0. The molecular weight excluding hydrogens is 642 g/mol. The van der Waals surface area contributed by atoms with E-state index in [0.29, 0.717) is 23.4 Å². The Morgan fingerprint density at radius 2 is 1.56 bits per heavy atom. The zero-order valence-corrected chi connectivity index (χ0v) is 27.3. The fourth-order valence-corrected chi connectivity index (χ4v) is 6.30. The van der Waals surface area contributed by atoms with Gasteiger partial charge in [0.15, 0.2) is 5.52 Å². The summed E-state index contributed by atoms with van der Waals surface area (Å²) in [6.45, 7) is 2.77. The Kier molecular flexibility index (Phi) is 10.6. The summed E-state index contributed by atoms with van der Waals surface area (Å²) < 4.78 is 47.2. The second kappa shape index (κ2) is 15.0. The third kappa shape index (κ3) is 7.39. The number of benzene rings is 1. The lowest BCUT2D eigenvalue weighted by Gasteiger charge is -2.23. The van der Waals surface area contributed by atoms with Crippen molar-refractivity contribution >= 4 is 33.0 Å². The van der Waals surface area contributed by atoms with Crippen LogP contribution in [0.4, 0.5) is 0 Å². The zero-order chi connectivity index (χ0) is 34.3. The number of aromatic amines is 1. The first kappa shape index (κ1) is 33.9. The van der Waals surface area contributed by atoms with Crippen LogP contribution in [-0.2, 0) is 33.0 Å². The lowest BCUT2D eigenvalue weighted by molar-refractivity contribution is 0.0450. The van der Waals surface area contributed by atoms with E-state index in [4.69, 9.17) is 14.2 Å². The van der Waals surface area contributed by atoms with Gasteiger partial charge in [-0.3, -0.25) is 19.4 Å². The summed E-state index contributed by atoms with van der Waals surface area (Å²) in [5, 5.41) is 4.38. The van der Waals surface area contributed by atoms with E-state index in [1.54, 1.807) is 26.1 Å². The second-order valence-electron chi connectivity index (χ2n) is 10.3. The number of aromatic nitrogens is 6. The van der Waals surface area contributed by atoms with Crippen LogP contribution in [0.25, 0.3) is 22.4 Å². The van der Waals surface area contributed by atoms with Crippen molar-refractivity contribution in [2.24, 2.45) is 7.05 Å². The number of nitrogens with one attached hydrogen (secondary N) is 1. The summed E-state index contributed by atoms with van der Waals surface area (Å²) in [7, 11) is -2.67. The van der Waals surface area contributed by atoms with E-state index in [9.17, 15) is 22.8 Å². The first-order valence-electron chi connectivity index (χ1n) is 15.0. The number of rotatable bonds is 14. The Labute approximate surface area is 275 Å². The molecule has 0 bridgehead atoms. The van der Waals surface area contributed by atoms with Gasteiger partial charge in [-0.05, 0) is 55.8 Å². The van der Waals surface area contributed by atoms with E-state index < -0.39 is 27.5 Å². The SMILES string of the molecule is CCOc1ccc(S(=O)(=O)N(CCOC(=O)c2cccnc2)CCOC(=O)c2cccnc2)cc1-c1nc2c(CC)nn(C)c2c(=O)[nH]1. The van der Waals surface area contributed by atoms with Crippen molar-refractivity contribution in [1.82, 2.24) is 34.0 Å². The van der Waals surface area contributed by atoms with Crippen molar-refractivity contribution in [3.05, 3.63) is 94.4 Å². The maximum atomic E-state index is 14.1. The zero-order valence-electron chi connectivity index (χ0n) is 26.5. The lowest BCUT2D eigenvalue weighted by Crippen LogP contribution is -2.37. The van der Waals surface area contributed by atoms with Crippen LogP contribution in [0.2, 0.25) is 0 Å². The van der Waals surface area contributed by atoms with Gasteiger partial charge >= 0.3 is 11.9 Å². The number of carbonyl (C=O) groups is 2. The Hall–Kier alpha value is -5.48. The Morgan fingerprint density at radius 3 is 2.10 bits per heavy atom. The van der Waals surface area contributed by atoms with Crippen LogP contribution < -0.4 is 10.3 Å². The number of aryl methyl sites for hydroxylation is 2. The van der Waals surface area contributed by atoms with Gasteiger partial charge < -0.3 is 19.2 Å². The van der Waals surface area contributed by atoms with Crippen molar-refractivity contribution in [3.8, 4) is 17.1 Å². The molecule has 0 unspecified atom stereocenters. The molecule has 0 aliphatic heterocycles. The molecule has 5 aromatic rings. The normalized spacial score (nSPS) is 11.5. The minimum Gasteiger partial charge on any atom is -0.493 e. The largest absolute Gasteiger partial charge is 0.493 e. The lowest BCUT2D eigenvalue weighted by atomic mass is 10.1. The highest BCUT2D eigenvalue weighted by Gasteiger charge is 2.28. The summed E-state index contributed by atoms with van der Waals surface area (Å²) in [6, 6.07) is 10.4. The van der Waals surface area contributed by atoms with E-state index in [1.807, 2.05) is 6.92 Å². The van der Waals surface area contributed by atoms with Gasteiger partial charge in [0.25, 0.3) is 5.56 Å². The number of fused-ring (bicyclic) bond motifs is 1. The van der Waals surface area contributed by atoms with Gasteiger partial charge in [0, 0.05) is 44.9 Å². The molecule has 0 saturated heterocycles. The van der Waals surface area contributed by atoms with Crippen LogP contribution in [0.5, 0.6) is 5.75 Å². The fraction of sp³-hybridized carbons (Fsp3) is 0.281.